The summed E-state index contributed by atoms with van der Waals surface area (Å²) in [6.07, 6.45) is 0.940. The topological polar surface area (TPSA) is 66.4 Å². The lowest BCUT2D eigenvalue weighted by Crippen LogP contribution is -2.36. The van der Waals surface area contributed by atoms with Crippen LogP contribution in [0.2, 0.25) is 0 Å². The van der Waals surface area contributed by atoms with E-state index in [1.54, 1.807) is 25.2 Å². The molecule has 0 aliphatic carbocycles. The summed E-state index contributed by atoms with van der Waals surface area (Å²) in [6, 6.07) is 1.94. The minimum absolute atomic E-state index is 0.0296. The van der Waals surface area contributed by atoms with E-state index in [0.717, 1.165) is 9.35 Å². The van der Waals surface area contributed by atoms with Crippen LogP contribution in [0.25, 0.3) is 0 Å². The molecule has 0 aliphatic heterocycles. The molecule has 6 heteroatoms. The van der Waals surface area contributed by atoms with Crippen molar-refractivity contribution in [2.24, 2.45) is 5.41 Å². The maximum atomic E-state index is 11.9. The summed E-state index contributed by atoms with van der Waals surface area (Å²) in [5.74, 6) is -1.11. The minimum Gasteiger partial charge on any atom is -0.481 e. The molecule has 1 amide bonds. The highest BCUT2D eigenvalue weighted by atomic mass is 79.9. The molecule has 0 unspecified atom stereocenters. The summed E-state index contributed by atoms with van der Waals surface area (Å²) >= 11 is 4.90. The van der Waals surface area contributed by atoms with Gasteiger partial charge in [0.05, 0.1) is 12.0 Å². The van der Waals surface area contributed by atoms with Gasteiger partial charge in [-0.25, -0.2) is 0 Å². The van der Waals surface area contributed by atoms with E-state index < -0.39 is 11.4 Å². The molecule has 0 saturated carbocycles. The zero-order chi connectivity index (χ0) is 14.5. The number of rotatable bonds is 7. The summed E-state index contributed by atoms with van der Waals surface area (Å²) in [4.78, 5) is 24.2. The van der Waals surface area contributed by atoms with Crippen LogP contribution in [0.1, 0.15) is 38.0 Å². The van der Waals surface area contributed by atoms with Crippen LogP contribution < -0.4 is 5.32 Å². The van der Waals surface area contributed by atoms with Gasteiger partial charge in [0.1, 0.15) is 0 Å². The van der Waals surface area contributed by atoms with Gasteiger partial charge in [0.2, 0.25) is 5.91 Å². The Morgan fingerprint density at radius 2 is 2.05 bits per heavy atom. The summed E-state index contributed by atoms with van der Waals surface area (Å²) in [7, 11) is 0. The fourth-order valence-corrected chi connectivity index (χ4v) is 3.27. The van der Waals surface area contributed by atoms with Crippen LogP contribution in [-0.4, -0.2) is 17.0 Å². The molecule has 0 bridgehead atoms. The molecule has 0 saturated heterocycles. The van der Waals surface area contributed by atoms with Crippen molar-refractivity contribution in [3.05, 3.63) is 20.8 Å². The van der Waals surface area contributed by atoms with Crippen LogP contribution in [0.15, 0.2) is 15.9 Å². The highest BCUT2D eigenvalue weighted by Crippen LogP contribution is 2.31. The fourth-order valence-electron chi connectivity index (χ4n) is 1.88. The Morgan fingerprint density at radius 3 is 2.47 bits per heavy atom. The van der Waals surface area contributed by atoms with Gasteiger partial charge in [0, 0.05) is 21.2 Å². The highest BCUT2D eigenvalue weighted by molar-refractivity contribution is 9.10. The second-order valence-electron chi connectivity index (χ2n) is 4.48. The Morgan fingerprint density at radius 1 is 1.42 bits per heavy atom. The monoisotopic (exact) mass is 347 g/mol. The zero-order valence-corrected chi connectivity index (χ0v) is 13.4. The molecule has 1 heterocycles. The van der Waals surface area contributed by atoms with E-state index >= 15 is 0 Å². The van der Waals surface area contributed by atoms with Crippen LogP contribution in [0.3, 0.4) is 0 Å². The van der Waals surface area contributed by atoms with Crippen LogP contribution in [0, 0.1) is 5.41 Å². The number of nitrogens with one attached hydrogen (secondary N) is 1. The molecule has 1 aromatic heterocycles. The van der Waals surface area contributed by atoms with Crippen molar-refractivity contribution in [2.75, 3.05) is 0 Å². The molecular weight excluding hydrogens is 330 g/mol. The third-order valence-corrected chi connectivity index (χ3v) is 5.09. The molecule has 0 spiro atoms. The van der Waals surface area contributed by atoms with E-state index in [2.05, 4.69) is 21.2 Å². The molecule has 0 radical (unpaired) electrons. The Hall–Kier alpha value is -0.880. The zero-order valence-electron chi connectivity index (χ0n) is 11.0. The van der Waals surface area contributed by atoms with Crippen molar-refractivity contribution in [2.45, 2.75) is 39.7 Å². The largest absolute Gasteiger partial charge is 0.481 e. The van der Waals surface area contributed by atoms with Gasteiger partial charge in [-0.2, -0.15) is 0 Å². The van der Waals surface area contributed by atoms with E-state index in [1.165, 1.54) is 0 Å². The Balaban J connectivity index is 2.56. The first-order valence-corrected chi connectivity index (χ1v) is 7.83. The average molecular weight is 348 g/mol. The molecule has 4 nitrogen and oxygen atoms in total. The van der Waals surface area contributed by atoms with Gasteiger partial charge in [0.15, 0.2) is 0 Å². The first-order valence-electron chi connectivity index (χ1n) is 6.16. The highest BCUT2D eigenvalue weighted by Gasteiger charge is 2.36. The summed E-state index contributed by atoms with van der Waals surface area (Å²) in [5, 5.41) is 14.0. The lowest BCUT2D eigenvalue weighted by Gasteiger charge is -2.25. The number of thiophene rings is 1. The SMILES string of the molecule is CCC(CC)(CC(=O)NCc1cc(Br)cs1)C(=O)O. The van der Waals surface area contributed by atoms with Crippen LogP contribution in [-0.2, 0) is 16.1 Å². The summed E-state index contributed by atoms with van der Waals surface area (Å²) in [6.45, 7) is 4.06. The minimum atomic E-state index is -0.944. The van der Waals surface area contributed by atoms with Crippen LogP contribution >= 0.6 is 27.3 Å². The predicted octanol–water partition coefficient (Wildman–Crippen LogP) is 3.41. The first-order chi connectivity index (χ1) is 8.93. The average Bonchev–Trinajstić information content (AvgIpc) is 2.79. The van der Waals surface area contributed by atoms with Gasteiger partial charge in [-0.15, -0.1) is 11.3 Å². The van der Waals surface area contributed by atoms with Crippen molar-refractivity contribution in [1.82, 2.24) is 5.32 Å². The number of hydrogen-bond donors (Lipinski definition) is 2. The Bertz CT molecular complexity index is 454. The number of carbonyl (C=O) groups excluding carboxylic acids is 1. The fraction of sp³-hybridized carbons (Fsp3) is 0.538. The number of carboxylic acid groups (broad SMARTS) is 1. The van der Waals surface area contributed by atoms with Gasteiger partial charge < -0.3 is 10.4 Å². The molecule has 0 fully saturated rings. The standard InChI is InChI=1S/C13H18BrNO3S/c1-3-13(4-2,12(17)18)6-11(16)15-7-10-5-9(14)8-19-10/h5,8H,3-4,6-7H2,1-2H3,(H,15,16)(H,17,18). The van der Waals surface area contributed by atoms with Crippen molar-refractivity contribution < 1.29 is 14.7 Å². The maximum Gasteiger partial charge on any atom is 0.310 e. The van der Waals surface area contributed by atoms with Crippen LogP contribution in [0.5, 0.6) is 0 Å². The third-order valence-electron chi connectivity index (χ3n) is 3.39. The van der Waals surface area contributed by atoms with Crippen LogP contribution in [0.4, 0.5) is 0 Å². The number of halogens is 1. The van der Waals surface area contributed by atoms with Crippen molar-refractivity contribution >= 4 is 39.1 Å². The molecule has 1 rings (SSSR count). The van der Waals surface area contributed by atoms with E-state index in [1.807, 2.05) is 11.4 Å². The Kier molecular flexibility index (Phi) is 6.00. The predicted molar refractivity (Wildman–Crippen MR) is 79.1 cm³/mol. The van der Waals surface area contributed by atoms with Gasteiger partial charge in [0.25, 0.3) is 0 Å². The number of carboxylic acids is 1. The van der Waals surface area contributed by atoms with Crippen molar-refractivity contribution in [3.8, 4) is 0 Å². The van der Waals surface area contributed by atoms with Gasteiger partial charge in [-0.05, 0) is 34.8 Å². The normalized spacial score (nSPS) is 11.3. The maximum absolute atomic E-state index is 11.9. The smallest absolute Gasteiger partial charge is 0.310 e. The molecule has 0 aromatic carbocycles. The molecule has 106 valence electrons. The lowest BCUT2D eigenvalue weighted by atomic mass is 9.79. The molecule has 2 N–H and O–H groups in total. The first kappa shape index (κ1) is 16.2. The van der Waals surface area contributed by atoms with Gasteiger partial charge in [-0.1, -0.05) is 13.8 Å². The summed E-state index contributed by atoms with van der Waals surface area (Å²) < 4.78 is 0.990. The van der Waals surface area contributed by atoms with E-state index in [-0.39, 0.29) is 12.3 Å². The Labute approximate surface area is 125 Å². The second kappa shape index (κ2) is 7.05. The quantitative estimate of drug-likeness (QED) is 0.794. The molecule has 19 heavy (non-hydrogen) atoms. The number of carbonyl (C=O) groups is 2. The third kappa shape index (κ3) is 4.31. The molecule has 1 aromatic rings. The molecule has 0 atom stereocenters. The number of hydrogen-bond acceptors (Lipinski definition) is 3. The summed E-state index contributed by atoms with van der Waals surface area (Å²) in [5.41, 5.74) is -0.944. The lowest BCUT2D eigenvalue weighted by molar-refractivity contribution is -0.152. The van der Waals surface area contributed by atoms with E-state index in [4.69, 9.17) is 0 Å². The van der Waals surface area contributed by atoms with Crippen molar-refractivity contribution in [3.63, 3.8) is 0 Å². The van der Waals surface area contributed by atoms with Gasteiger partial charge >= 0.3 is 5.97 Å². The molecule has 0 aliphatic rings. The van der Waals surface area contributed by atoms with Crippen molar-refractivity contribution in [1.29, 1.82) is 0 Å². The van der Waals surface area contributed by atoms with E-state index in [0.29, 0.717) is 19.4 Å². The van der Waals surface area contributed by atoms with Gasteiger partial charge in [-0.3, -0.25) is 9.59 Å². The number of amides is 1. The van der Waals surface area contributed by atoms with E-state index in [9.17, 15) is 14.7 Å². The second-order valence-corrected chi connectivity index (χ2v) is 6.39. The molecular formula is C13H18BrNO3S. The number of aliphatic carboxylic acids is 1.